The zero-order chi connectivity index (χ0) is 8.10. The third-order valence-electron chi connectivity index (χ3n) is 1.18. The van der Waals surface area contributed by atoms with E-state index in [9.17, 15) is 4.79 Å². The molecule has 0 aromatic carbocycles. The average molecular weight is 151 g/mol. The van der Waals surface area contributed by atoms with Gasteiger partial charge in [-0.1, -0.05) is 6.08 Å². The standard InChI is InChI=1S/C8H9NO2/c9-5-1-2-7-3-4-8(6-10)11-7/h1-4,6H,5,9H2. The molecule has 1 aromatic rings. The first-order chi connectivity index (χ1) is 5.36. The van der Waals surface area contributed by atoms with Gasteiger partial charge < -0.3 is 10.2 Å². The average Bonchev–Trinajstić information content (AvgIpc) is 2.48. The van der Waals surface area contributed by atoms with Crippen molar-refractivity contribution in [3.63, 3.8) is 0 Å². The normalized spacial score (nSPS) is 10.6. The molecule has 3 nitrogen and oxygen atoms in total. The van der Waals surface area contributed by atoms with Crippen LogP contribution in [0.1, 0.15) is 16.3 Å². The molecule has 0 spiro atoms. The van der Waals surface area contributed by atoms with Gasteiger partial charge in [0.2, 0.25) is 0 Å². The molecule has 0 amide bonds. The van der Waals surface area contributed by atoms with Gasteiger partial charge in [-0.15, -0.1) is 0 Å². The van der Waals surface area contributed by atoms with Crippen LogP contribution in [0, 0.1) is 0 Å². The van der Waals surface area contributed by atoms with Crippen LogP contribution in [0.25, 0.3) is 6.08 Å². The minimum Gasteiger partial charge on any atom is -0.454 e. The van der Waals surface area contributed by atoms with Crippen LogP contribution in [-0.2, 0) is 0 Å². The number of carbonyl (C=O) groups excluding carboxylic acids is 1. The Labute approximate surface area is 64.5 Å². The van der Waals surface area contributed by atoms with Crippen LogP contribution in [-0.4, -0.2) is 12.8 Å². The van der Waals surface area contributed by atoms with Gasteiger partial charge in [-0.25, -0.2) is 0 Å². The minimum atomic E-state index is 0.335. The molecule has 1 aromatic heterocycles. The third kappa shape index (κ3) is 2.05. The van der Waals surface area contributed by atoms with Gasteiger partial charge in [0.05, 0.1) is 0 Å². The Bertz CT molecular complexity index is 263. The van der Waals surface area contributed by atoms with E-state index in [2.05, 4.69) is 0 Å². The van der Waals surface area contributed by atoms with Gasteiger partial charge in [-0.05, 0) is 18.2 Å². The summed E-state index contributed by atoms with van der Waals surface area (Å²) < 4.78 is 5.02. The fraction of sp³-hybridized carbons (Fsp3) is 0.125. The van der Waals surface area contributed by atoms with Gasteiger partial charge in [0.25, 0.3) is 0 Å². The summed E-state index contributed by atoms with van der Waals surface area (Å²) in [7, 11) is 0. The van der Waals surface area contributed by atoms with Crippen molar-refractivity contribution in [2.75, 3.05) is 6.54 Å². The highest BCUT2D eigenvalue weighted by Crippen LogP contribution is 2.06. The lowest BCUT2D eigenvalue weighted by Gasteiger charge is -1.82. The van der Waals surface area contributed by atoms with E-state index < -0.39 is 0 Å². The molecule has 1 heterocycles. The van der Waals surface area contributed by atoms with Gasteiger partial charge in [0, 0.05) is 6.54 Å². The summed E-state index contributed by atoms with van der Waals surface area (Å²) in [6.45, 7) is 0.469. The monoisotopic (exact) mass is 151 g/mol. The summed E-state index contributed by atoms with van der Waals surface area (Å²) in [5.41, 5.74) is 5.22. The van der Waals surface area contributed by atoms with Crippen molar-refractivity contribution in [2.45, 2.75) is 0 Å². The number of hydrogen-bond donors (Lipinski definition) is 1. The van der Waals surface area contributed by atoms with Crippen LogP contribution in [0.3, 0.4) is 0 Å². The molecule has 0 aliphatic rings. The molecule has 1 rings (SSSR count). The number of nitrogens with two attached hydrogens (primary N) is 1. The predicted octanol–water partition coefficient (Wildman–Crippen LogP) is 1.06. The fourth-order valence-electron chi connectivity index (χ4n) is 0.706. The Hall–Kier alpha value is -1.35. The lowest BCUT2D eigenvalue weighted by Crippen LogP contribution is -1.91. The summed E-state index contributed by atoms with van der Waals surface area (Å²) >= 11 is 0. The molecule has 0 radical (unpaired) electrons. The Balaban J connectivity index is 2.72. The van der Waals surface area contributed by atoms with Crippen LogP contribution in [0.4, 0.5) is 0 Å². The zero-order valence-electron chi connectivity index (χ0n) is 5.99. The molecule has 3 heteroatoms. The molecule has 11 heavy (non-hydrogen) atoms. The van der Waals surface area contributed by atoms with Crippen molar-refractivity contribution < 1.29 is 9.21 Å². The summed E-state index contributed by atoms with van der Waals surface area (Å²) in [6, 6.07) is 3.33. The van der Waals surface area contributed by atoms with E-state index in [1.165, 1.54) is 0 Å². The number of aldehydes is 1. The molecule has 0 atom stereocenters. The summed E-state index contributed by atoms with van der Waals surface area (Å²) in [5.74, 6) is 0.985. The molecule has 0 fully saturated rings. The lowest BCUT2D eigenvalue weighted by atomic mass is 10.4. The van der Waals surface area contributed by atoms with E-state index in [0.29, 0.717) is 24.4 Å². The molecule has 0 aliphatic heterocycles. The molecule has 0 bridgehead atoms. The molecule has 0 saturated carbocycles. The van der Waals surface area contributed by atoms with Crippen molar-refractivity contribution in [1.82, 2.24) is 0 Å². The van der Waals surface area contributed by atoms with Crippen molar-refractivity contribution in [2.24, 2.45) is 5.73 Å². The number of hydrogen-bond acceptors (Lipinski definition) is 3. The highest BCUT2D eigenvalue weighted by Gasteiger charge is 1.94. The minimum absolute atomic E-state index is 0.335. The first-order valence-corrected chi connectivity index (χ1v) is 3.28. The molecule has 2 N–H and O–H groups in total. The maximum absolute atomic E-state index is 10.2. The Morgan fingerprint density at radius 2 is 2.18 bits per heavy atom. The van der Waals surface area contributed by atoms with Gasteiger partial charge in [0.15, 0.2) is 12.0 Å². The van der Waals surface area contributed by atoms with Crippen LogP contribution in [0.5, 0.6) is 0 Å². The van der Waals surface area contributed by atoms with E-state index in [-0.39, 0.29) is 0 Å². The third-order valence-corrected chi connectivity index (χ3v) is 1.18. The smallest absolute Gasteiger partial charge is 0.185 e. The first kappa shape index (κ1) is 7.75. The molecular formula is C8H9NO2. The van der Waals surface area contributed by atoms with E-state index in [1.54, 1.807) is 24.3 Å². The second kappa shape index (κ2) is 3.73. The van der Waals surface area contributed by atoms with Gasteiger partial charge in [-0.2, -0.15) is 0 Å². The molecule has 0 saturated heterocycles. The van der Waals surface area contributed by atoms with Crippen molar-refractivity contribution in [1.29, 1.82) is 0 Å². The second-order valence-electron chi connectivity index (χ2n) is 2.00. The fourth-order valence-corrected chi connectivity index (χ4v) is 0.706. The maximum atomic E-state index is 10.2. The van der Waals surface area contributed by atoms with E-state index in [1.807, 2.05) is 0 Å². The van der Waals surface area contributed by atoms with E-state index >= 15 is 0 Å². The SMILES string of the molecule is NCC=Cc1ccc(C=O)o1. The number of furan rings is 1. The summed E-state index contributed by atoms with van der Waals surface area (Å²) in [5, 5.41) is 0. The molecule has 0 aliphatic carbocycles. The van der Waals surface area contributed by atoms with Gasteiger partial charge in [-0.3, -0.25) is 4.79 Å². The quantitative estimate of drug-likeness (QED) is 0.657. The first-order valence-electron chi connectivity index (χ1n) is 3.28. The van der Waals surface area contributed by atoms with Crippen molar-refractivity contribution in [3.05, 3.63) is 29.7 Å². The van der Waals surface area contributed by atoms with Crippen molar-refractivity contribution in [3.8, 4) is 0 Å². The Morgan fingerprint density at radius 3 is 2.73 bits per heavy atom. The topological polar surface area (TPSA) is 56.2 Å². The number of rotatable bonds is 3. The summed E-state index contributed by atoms with van der Waals surface area (Å²) in [4.78, 5) is 10.2. The largest absolute Gasteiger partial charge is 0.454 e. The maximum Gasteiger partial charge on any atom is 0.185 e. The van der Waals surface area contributed by atoms with Crippen LogP contribution >= 0.6 is 0 Å². The van der Waals surface area contributed by atoms with E-state index in [0.717, 1.165) is 0 Å². The number of carbonyl (C=O) groups is 1. The van der Waals surface area contributed by atoms with Gasteiger partial charge >= 0.3 is 0 Å². The lowest BCUT2D eigenvalue weighted by molar-refractivity contribution is 0.110. The van der Waals surface area contributed by atoms with Crippen LogP contribution in [0.15, 0.2) is 22.6 Å². The Kier molecular flexibility index (Phi) is 2.63. The second-order valence-corrected chi connectivity index (χ2v) is 2.00. The van der Waals surface area contributed by atoms with Crippen LogP contribution < -0.4 is 5.73 Å². The van der Waals surface area contributed by atoms with Gasteiger partial charge in [0.1, 0.15) is 5.76 Å². The Morgan fingerprint density at radius 1 is 1.45 bits per heavy atom. The highest BCUT2D eigenvalue weighted by atomic mass is 16.3. The van der Waals surface area contributed by atoms with E-state index in [4.69, 9.17) is 10.2 Å². The molecule has 0 unspecified atom stereocenters. The molecule has 58 valence electrons. The van der Waals surface area contributed by atoms with Crippen molar-refractivity contribution >= 4 is 12.4 Å². The summed E-state index contributed by atoms with van der Waals surface area (Å²) in [6.07, 6.45) is 4.15. The van der Waals surface area contributed by atoms with Crippen LogP contribution in [0.2, 0.25) is 0 Å². The zero-order valence-corrected chi connectivity index (χ0v) is 5.99. The highest BCUT2D eigenvalue weighted by molar-refractivity contribution is 5.71. The predicted molar refractivity (Wildman–Crippen MR) is 42.2 cm³/mol. The molecular weight excluding hydrogens is 142 g/mol.